The SMILES string of the molecule is CN(CCOc1cccc(Cl)c1)C(=O)Cn1c(=O)[nH]c2ccccc21. The number of imidazole rings is 1. The number of likely N-dealkylation sites (N-methyl/N-ethyl adjacent to an activating group) is 1. The maximum absolute atomic E-state index is 12.4. The van der Waals surface area contributed by atoms with Crippen molar-refractivity contribution < 1.29 is 9.53 Å². The number of hydrogen-bond donors (Lipinski definition) is 1. The summed E-state index contributed by atoms with van der Waals surface area (Å²) < 4.78 is 7.02. The van der Waals surface area contributed by atoms with Crippen molar-refractivity contribution in [2.45, 2.75) is 6.54 Å². The van der Waals surface area contributed by atoms with Crippen LogP contribution in [0.3, 0.4) is 0 Å². The van der Waals surface area contributed by atoms with Gasteiger partial charge in [0.1, 0.15) is 18.9 Å². The summed E-state index contributed by atoms with van der Waals surface area (Å²) in [7, 11) is 1.68. The summed E-state index contributed by atoms with van der Waals surface area (Å²) in [6, 6.07) is 14.4. The lowest BCUT2D eigenvalue weighted by Crippen LogP contribution is -2.35. The van der Waals surface area contributed by atoms with Gasteiger partial charge in [-0.15, -0.1) is 0 Å². The summed E-state index contributed by atoms with van der Waals surface area (Å²) in [5.74, 6) is 0.489. The van der Waals surface area contributed by atoms with Crippen LogP contribution in [0.15, 0.2) is 53.3 Å². The highest BCUT2D eigenvalue weighted by atomic mass is 35.5. The molecule has 1 aromatic heterocycles. The highest BCUT2D eigenvalue weighted by Crippen LogP contribution is 2.17. The van der Waals surface area contributed by atoms with E-state index in [1.54, 1.807) is 42.3 Å². The third-order valence-electron chi connectivity index (χ3n) is 3.89. The third-order valence-corrected chi connectivity index (χ3v) is 4.13. The number of benzene rings is 2. The van der Waals surface area contributed by atoms with E-state index in [1.165, 1.54) is 4.57 Å². The minimum Gasteiger partial charge on any atom is -0.492 e. The van der Waals surface area contributed by atoms with Crippen LogP contribution >= 0.6 is 11.6 Å². The van der Waals surface area contributed by atoms with Gasteiger partial charge in [-0.25, -0.2) is 4.79 Å². The number of hydrogen-bond acceptors (Lipinski definition) is 3. The number of aromatic amines is 1. The van der Waals surface area contributed by atoms with Crippen LogP contribution in [0, 0.1) is 0 Å². The first-order chi connectivity index (χ1) is 12.0. The van der Waals surface area contributed by atoms with Crippen LogP contribution < -0.4 is 10.4 Å². The standard InChI is InChI=1S/C18H18ClN3O3/c1-21(9-10-25-14-6-4-5-13(19)11-14)17(23)12-22-16-8-3-2-7-15(16)20-18(22)24/h2-8,11H,9-10,12H2,1H3,(H,20,24). The molecule has 0 bridgehead atoms. The average Bonchev–Trinajstić information content (AvgIpc) is 2.90. The van der Waals surface area contributed by atoms with E-state index in [9.17, 15) is 9.59 Å². The van der Waals surface area contributed by atoms with E-state index >= 15 is 0 Å². The van der Waals surface area contributed by atoms with Gasteiger partial charge in [0.2, 0.25) is 5.91 Å². The molecule has 7 heteroatoms. The van der Waals surface area contributed by atoms with Crippen molar-refractivity contribution >= 4 is 28.5 Å². The molecule has 1 N–H and O–H groups in total. The summed E-state index contributed by atoms with van der Waals surface area (Å²) in [6.07, 6.45) is 0. The smallest absolute Gasteiger partial charge is 0.326 e. The Morgan fingerprint density at radius 2 is 2.04 bits per heavy atom. The van der Waals surface area contributed by atoms with Gasteiger partial charge in [-0.2, -0.15) is 0 Å². The number of rotatable bonds is 6. The lowest BCUT2D eigenvalue weighted by Gasteiger charge is -2.18. The summed E-state index contributed by atoms with van der Waals surface area (Å²) >= 11 is 5.90. The van der Waals surface area contributed by atoms with E-state index in [-0.39, 0.29) is 18.1 Å². The molecule has 130 valence electrons. The first-order valence-electron chi connectivity index (χ1n) is 7.84. The first kappa shape index (κ1) is 17.1. The predicted octanol–water partition coefficient (Wildman–Crippen LogP) is 2.52. The molecule has 0 radical (unpaired) electrons. The fourth-order valence-corrected chi connectivity index (χ4v) is 2.68. The molecule has 0 atom stereocenters. The van der Waals surface area contributed by atoms with Gasteiger partial charge in [-0.3, -0.25) is 9.36 Å². The first-order valence-corrected chi connectivity index (χ1v) is 8.22. The quantitative estimate of drug-likeness (QED) is 0.735. The molecule has 6 nitrogen and oxygen atoms in total. The zero-order chi connectivity index (χ0) is 17.8. The number of halogens is 1. The molecule has 0 saturated carbocycles. The van der Waals surface area contributed by atoms with Gasteiger partial charge in [-0.1, -0.05) is 29.8 Å². The maximum Gasteiger partial charge on any atom is 0.326 e. The van der Waals surface area contributed by atoms with Crippen molar-refractivity contribution in [3.8, 4) is 5.75 Å². The van der Waals surface area contributed by atoms with E-state index in [2.05, 4.69) is 4.98 Å². The fraction of sp³-hybridized carbons (Fsp3) is 0.222. The second-order valence-electron chi connectivity index (χ2n) is 5.65. The van der Waals surface area contributed by atoms with E-state index in [0.29, 0.717) is 35.0 Å². The molecule has 0 aliphatic carbocycles. The van der Waals surface area contributed by atoms with Crippen molar-refractivity contribution in [3.63, 3.8) is 0 Å². The van der Waals surface area contributed by atoms with E-state index in [4.69, 9.17) is 16.3 Å². The van der Waals surface area contributed by atoms with Crippen LogP contribution in [-0.4, -0.2) is 40.6 Å². The summed E-state index contributed by atoms with van der Waals surface area (Å²) in [6.45, 7) is 0.727. The highest BCUT2D eigenvalue weighted by Gasteiger charge is 2.14. The second kappa shape index (κ2) is 7.44. The Balaban J connectivity index is 1.59. The predicted molar refractivity (Wildman–Crippen MR) is 97.1 cm³/mol. The number of fused-ring (bicyclic) bond motifs is 1. The van der Waals surface area contributed by atoms with Crippen LogP contribution in [0.25, 0.3) is 11.0 Å². The number of amides is 1. The van der Waals surface area contributed by atoms with Gasteiger partial charge >= 0.3 is 5.69 Å². The number of H-pyrrole nitrogens is 1. The van der Waals surface area contributed by atoms with Gasteiger partial charge in [0, 0.05) is 12.1 Å². The molecule has 0 aliphatic rings. The maximum atomic E-state index is 12.4. The van der Waals surface area contributed by atoms with Crippen molar-refractivity contribution in [2.75, 3.05) is 20.2 Å². The molecule has 0 saturated heterocycles. The number of ether oxygens (including phenoxy) is 1. The average molecular weight is 360 g/mol. The van der Waals surface area contributed by atoms with Crippen molar-refractivity contribution in [2.24, 2.45) is 0 Å². The molecule has 3 rings (SSSR count). The molecule has 1 heterocycles. The van der Waals surface area contributed by atoms with Crippen LogP contribution in [-0.2, 0) is 11.3 Å². The molecule has 3 aromatic rings. The fourth-order valence-electron chi connectivity index (χ4n) is 2.50. The molecule has 0 unspecified atom stereocenters. The number of carbonyl (C=O) groups is 1. The topological polar surface area (TPSA) is 67.3 Å². The molecule has 1 amide bonds. The number of carbonyl (C=O) groups excluding carboxylic acids is 1. The summed E-state index contributed by atoms with van der Waals surface area (Å²) in [4.78, 5) is 28.7. The Bertz CT molecular complexity index is 948. The van der Waals surface area contributed by atoms with E-state index in [0.717, 1.165) is 0 Å². The molecule has 25 heavy (non-hydrogen) atoms. The highest BCUT2D eigenvalue weighted by molar-refractivity contribution is 6.30. The molecular formula is C18H18ClN3O3. The molecule has 2 aromatic carbocycles. The monoisotopic (exact) mass is 359 g/mol. The van der Waals surface area contributed by atoms with Crippen LogP contribution in [0.4, 0.5) is 0 Å². The number of nitrogens with zero attached hydrogens (tertiary/aromatic N) is 2. The Morgan fingerprint density at radius 3 is 2.84 bits per heavy atom. The molecule has 0 aliphatic heterocycles. The Hall–Kier alpha value is -2.73. The van der Waals surface area contributed by atoms with Gasteiger partial charge in [0.15, 0.2) is 0 Å². The minimum absolute atomic E-state index is 0.0173. The number of aromatic nitrogens is 2. The van der Waals surface area contributed by atoms with Crippen molar-refractivity contribution in [1.29, 1.82) is 0 Å². The van der Waals surface area contributed by atoms with Gasteiger partial charge in [0.05, 0.1) is 17.6 Å². The van der Waals surface area contributed by atoms with Crippen molar-refractivity contribution in [1.82, 2.24) is 14.5 Å². The van der Waals surface area contributed by atoms with E-state index < -0.39 is 0 Å². The third kappa shape index (κ3) is 4.03. The van der Waals surface area contributed by atoms with Gasteiger partial charge in [-0.05, 0) is 30.3 Å². The largest absolute Gasteiger partial charge is 0.492 e. The summed E-state index contributed by atoms with van der Waals surface area (Å²) in [5.41, 5.74) is 1.13. The van der Waals surface area contributed by atoms with Gasteiger partial charge in [0.25, 0.3) is 0 Å². The van der Waals surface area contributed by atoms with Gasteiger partial charge < -0.3 is 14.6 Å². The lowest BCUT2D eigenvalue weighted by atomic mass is 10.3. The summed E-state index contributed by atoms with van der Waals surface area (Å²) in [5, 5.41) is 0.598. The number of nitrogens with one attached hydrogen (secondary N) is 1. The van der Waals surface area contributed by atoms with Crippen LogP contribution in [0.2, 0.25) is 5.02 Å². The number of para-hydroxylation sites is 2. The van der Waals surface area contributed by atoms with Crippen LogP contribution in [0.1, 0.15) is 0 Å². The molecular weight excluding hydrogens is 342 g/mol. The zero-order valence-electron chi connectivity index (χ0n) is 13.7. The second-order valence-corrected chi connectivity index (χ2v) is 6.09. The molecule has 0 spiro atoms. The Kier molecular flexibility index (Phi) is 5.09. The Labute approximate surface area is 149 Å². The molecule has 0 fully saturated rings. The Morgan fingerprint density at radius 1 is 1.24 bits per heavy atom. The minimum atomic E-state index is -0.293. The zero-order valence-corrected chi connectivity index (χ0v) is 14.5. The van der Waals surface area contributed by atoms with Crippen LogP contribution in [0.5, 0.6) is 5.75 Å². The lowest BCUT2D eigenvalue weighted by molar-refractivity contribution is -0.130. The van der Waals surface area contributed by atoms with Crippen molar-refractivity contribution in [3.05, 3.63) is 64.0 Å². The normalized spacial score (nSPS) is 10.8. The van der Waals surface area contributed by atoms with E-state index in [1.807, 2.05) is 18.2 Å².